The van der Waals surface area contributed by atoms with Gasteiger partial charge in [0.2, 0.25) is 0 Å². The van der Waals surface area contributed by atoms with Gasteiger partial charge in [0.15, 0.2) is 0 Å². The summed E-state index contributed by atoms with van der Waals surface area (Å²) in [6.07, 6.45) is 3.14. The van der Waals surface area contributed by atoms with Crippen molar-refractivity contribution >= 4 is 21.4 Å². The predicted molar refractivity (Wildman–Crippen MR) is 48.2 cm³/mol. The molecule has 4 nitrogen and oxygen atoms in total. The maximum atomic E-state index is 11.3. The zero-order valence-electron chi connectivity index (χ0n) is 6.34. The molecule has 12 heavy (non-hydrogen) atoms. The third-order valence-corrected chi connectivity index (χ3v) is 2.57. The highest BCUT2D eigenvalue weighted by atomic mass is 79.9. The van der Waals surface area contributed by atoms with Gasteiger partial charge < -0.3 is 4.98 Å². The predicted octanol–water partition coefficient (Wildman–Crippen LogP) is 1.09. The van der Waals surface area contributed by atoms with Crippen molar-refractivity contribution in [3.8, 4) is 0 Å². The first-order chi connectivity index (χ1) is 5.70. The molecule has 0 spiro atoms. The molecule has 2 aromatic heterocycles. The number of hydrogen-bond donors (Lipinski definition) is 1. The van der Waals surface area contributed by atoms with Crippen molar-refractivity contribution in [2.45, 2.75) is 6.92 Å². The zero-order valence-corrected chi connectivity index (χ0v) is 7.92. The summed E-state index contributed by atoms with van der Waals surface area (Å²) >= 11 is 3.33. The molecule has 0 aliphatic rings. The smallest absolute Gasteiger partial charge is 0.275 e. The van der Waals surface area contributed by atoms with E-state index in [-0.39, 0.29) is 5.56 Å². The maximum absolute atomic E-state index is 11.3. The van der Waals surface area contributed by atoms with Gasteiger partial charge >= 0.3 is 0 Å². The Hall–Kier alpha value is -1.10. The van der Waals surface area contributed by atoms with Crippen LogP contribution in [-0.2, 0) is 0 Å². The first-order valence-corrected chi connectivity index (χ1v) is 4.20. The van der Waals surface area contributed by atoms with Gasteiger partial charge in [0.1, 0.15) is 11.8 Å². The molecule has 0 fully saturated rings. The number of fused-ring (bicyclic) bond motifs is 1. The molecule has 5 heteroatoms. The van der Waals surface area contributed by atoms with Crippen LogP contribution >= 0.6 is 15.9 Å². The molecule has 0 atom stereocenters. The first-order valence-electron chi connectivity index (χ1n) is 3.41. The minimum atomic E-state index is -0.117. The maximum Gasteiger partial charge on any atom is 0.275 e. The summed E-state index contributed by atoms with van der Waals surface area (Å²) in [5, 5.41) is 3.95. The van der Waals surface area contributed by atoms with E-state index in [4.69, 9.17) is 0 Å². The second kappa shape index (κ2) is 2.45. The Morgan fingerprint density at radius 2 is 2.42 bits per heavy atom. The quantitative estimate of drug-likeness (QED) is 0.733. The number of nitrogens with one attached hydrogen (secondary N) is 1. The number of aromatic amines is 1. The standard InChI is InChI=1S/C7H6BrN3O/c1-4-5(8)2-11-6(4)7(12)9-3-10-11/h2-3H,1H3,(H,9,10,12). The first kappa shape index (κ1) is 7.54. The van der Waals surface area contributed by atoms with E-state index < -0.39 is 0 Å². The highest BCUT2D eigenvalue weighted by Crippen LogP contribution is 2.18. The molecule has 0 aromatic carbocycles. The number of halogens is 1. The molecular weight excluding hydrogens is 222 g/mol. The number of nitrogens with zero attached hydrogens (tertiary/aromatic N) is 2. The monoisotopic (exact) mass is 227 g/mol. The van der Waals surface area contributed by atoms with Crippen LogP contribution in [0.5, 0.6) is 0 Å². The molecule has 0 saturated heterocycles. The lowest BCUT2D eigenvalue weighted by Crippen LogP contribution is -2.10. The fourth-order valence-electron chi connectivity index (χ4n) is 1.14. The molecule has 2 rings (SSSR count). The Morgan fingerprint density at radius 3 is 3.08 bits per heavy atom. The Morgan fingerprint density at radius 1 is 1.67 bits per heavy atom. The van der Waals surface area contributed by atoms with Crippen LogP contribution in [0, 0.1) is 6.92 Å². The summed E-state index contributed by atoms with van der Waals surface area (Å²) in [6.45, 7) is 1.87. The molecule has 62 valence electrons. The van der Waals surface area contributed by atoms with Gasteiger partial charge in [-0.15, -0.1) is 0 Å². The molecule has 0 amide bonds. The Labute approximate surface area is 76.4 Å². The van der Waals surface area contributed by atoms with E-state index in [2.05, 4.69) is 26.0 Å². The molecule has 0 aliphatic carbocycles. The van der Waals surface area contributed by atoms with Crippen molar-refractivity contribution in [3.05, 3.63) is 32.9 Å². The van der Waals surface area contributed by atoms with Crippen LogP contribution in [0.1, 0.15) is 5.56 Å². The number of H-pyrrole nitrogens is 1. The van der Waals surface area contributed by atoms with Gasteiger partial charge in [0, 0.05) is 10.7 Å². The van der Waals surface area contributed by atoms with Crippen LogP contribution in [0.25, 0.3) is 5.52 Å². The topological polar surface area (TPSA) is 50.2 Å². The van der Waals surface area contributed by atoms with E-state index >= 15 is 0 Å². The normalized spacial score (nSPS) is 10.8. The van der Waals surface area contributed by atoms with Gasteiger partial charge in [-0.25, -0.2) is 4.52 Å². The van der Waals surface area contributed by atoms with E-state index in [0.717, 1.165) is 10.0 Å². The average Bonchev–Trinajstić information content (AvgIpc) is 2.29. The number of rotatable bonds is 0. The second-order valence-electron chi connectivity index (χ2n) is 2.51. The molecule has 0 saturated carbocycles. The van der Waals surface area contributed by atoms with E-state index in [1.165, 1.54) is 6.33 Å². The van der Waals surface area contributed by atoms with Crippen molar-refractivity contribution in [2.75, 3.05) is 0 Å². The summed E-state index contributed by atoms with van der Waals surface area (Å²) in [7, 11) is 0. The SMILES string of the molecule is Cc1c(Br)cn2nc[nH]c(=O)c12. The molecule has 2 aromatic rings. The van der Waals surface area contributed by atoms with Crippen LogP contribution in [0.4, 0.5) is 0 Å². The van der Waals surface area contributed by atoms with E-state index in [1.54, 1.807) is 10.7 Å². The fraction of sp³-hybridized carbons (Fsp3) is 0.143. The lowest BCUT2D eigenvalue weighted by molar-refractivity contribution is 0.886. The summed E-state index contributed by atoms with van der Waals surface area (Å²) in [5.41, 5.74) is 1.38. The van der Waals surface area contributed by atoms with Crippen LogP contribution < -0.4 is 5.56 Å². The molecule has 1 N–H and O–H groups in total. The van der Waals surface area contributed by atoms with Crippen LogP contribution in [0.2, 0.25) is 0 Å². The molecule has 0 unspecified atom stereocenters. The van der Waals surface area contributed by atoms with Gasteiger partial charge in [-0.2, -0.15) is 5.10 Å². The summed E-state index contributed by atoms with van der Waals surface area (Å²) in [6, 6.07) is 0. The van der Waals surface area contributed by atoms with Crippen LogP contribution in [0.3, 0.4) is 0 Å². The van der Waals surface area contributed by atoms with Crippen LogP contribution in [0.15, 0.2) is 21.8 Å². The van der Waals surface area contributed by atoms with Gasteiger partial charge in [-0.3, -0.25) is 4.79 Å². The summed E-state index contributed by atoms with van der Waals surface area (Å²) in [4.78, 5) is 13.8. The number of aryl methyl sites for hydroxylation is 1. The van der Waals surface area contributed by atoms with Gasteiger partial charge in [-0.05, 0) is 28.4 Å². The molecule has 0 bridgehead atoms. The lowest BCUT2D eigenvalue weighted by atomic mass is 10.3. The Balaban J connectivity index is 3.07. The lowest BCUT2D eigenvalue weighted by Gasteiger charge is -1.90. The molecule has 2 heterocycles. The van der Waals surface area contributed by atoms with Crippen molar-refractivity contribution in [3.63, 3.8) is 0 Å². The van der Waals surface area contributed by atoms with Gasteiger partial charge in [-0.1, -0.05) is 0 Å². The fourth-order valence-corrected chi connectivity index (χ4v) is 1.52. The summed E-state index contributed by atoms with van der Waals surface area (Å²) in [5.74, 6) is 0. The molecular formula is C7H6BrN3O. The van der Waals surface area contributed by atoms with Crippen molar-refractivity contribution in [1.29, 1.82) is 0 Å². The van der Waals surface area contributed by atoms with Gasteiger partial charge in [0.25, 0.3) is 5.56 Å². The van der Waals surface area contributed by atoms with E-state index in [0.29, 0.717) is 5.52 Å². The Bertz CT molecular complexity index is 485. The van der Waals surface area contributed by atoms with Crippen LogP contribution in [-0.4, -0.2) is 14.6 Å². The van der Waals surface area contributed by atoms with E-state index in [1.807, 2.05) is 6.92 Å². The number of aromatic nitrogens is 3. The molecule has 0 radical (unpaired) electrons. The van der Waals surface area contributed by atoms with Crippen molar-refractivity contribution in [2.24, 2.45) is 0 Å². The highest BCUT2D eigenvalue weighted by Gasteiger charge is 2.06. The summed E-state index contributed by atoms with van der Waals surface area (Å²) < 4.78 is 2.45. The van der Waals surface area contributed by atoms with Crippen molar-refractivity contribution < 1.29 is 0 Å². The Kier molecular flexibility index (Phi) is 1.54. The number of hydrogen-bond acceptors (Lipinski definition) is 2. The third-order valence-electron chi connectivity index (χ3n) is 1.77. The van der Waals surface area contributed by atoms with Crippen molar-refractivity contribution in [1.82, 2.24) is 14.6 Å². The minimum absolute atomic E-state index is 0.117. The average molecular weight is 228 g/mol. The second-order valence-corrected chi connectivity index (χ2v) is 3.37. The third kappa shape index (κ3) is 0.896. The zero-order chi connectivity index (χ0) is 8.72. The van der Waals surface area contributed by atoms with E-state index in [9.17, 15) is 4.79 Å². The minimum Gasteiger partial charge on any atom is -0.310 e. The molecule has 0 aliphatic heterocycles. The van der Waals surface area contributed by atoms with Gasteiger partial charge in [0.05, 0.1) is 0 Å². The highest BCUT2D eigenvalue weighted by molar-refractivity contribution is 9.10. The largest absolute Gasteiger partial charge is 0.310 e.